The molecule has 0 fully saturated rings. The lowest BCUT2D eigenvalue weighted by molar-refractivity contribution is -0.274. The number of rotatable bonds is 9. The molecule has 0 saturated heterocycles. The Morgan fingerprint density at radius 1 is 1.18 bits per heavy atom. The Kier molecular flexibility index (Phi) is 6.93. The van der Waals surface area contributed by atoms with Crippen molar-refractivity contribution >= 4 is 5.97 Å². The third-order valence-corrected chi connectivity index (χ3v) is 2.33. The molecule has 0 aliphatic rings. The van der Waals surface area contributed by atoms with Gasteiger partial charge in [0.15, 0.2) is 0 Å². The third-order valence-electron chi connectivity index (χ3n) is 2.33. The van der Waals surface area contributed by atoms with Crippen LogP contribution in [0.1, 0.15) is 10.4 Å². The van der Waals surface area contributed by atoms with E-state index in [4.69, 9.17) is 19.3 Å². The summed E-state index contributed by atoms with van der Waals surface area (Å²) in [6.45, 7) is 0.810. The van der Waals surface area contributed by atoms with Crippen LogP contribution in [-0.2, 0) is 9.47 Å². The average molecular weight is 324 g/mol. The average Bonchev–Trinajstić information content (AvgIpc) is 2.40. The van der Waals surface area contributed by atoms with Gasteiger partial charge in [0.25, 0.3) is 0 Å². The molecular weight excluding hydrogens is 309 g/mol. The predicted molar refractivity (Wildman–Crippen MR) is 68.3 cm³/mol. The van der Waals surface area contributed by atoms with Crippen molar-refractivity contribution < 1.29 is 42.0 Å². The van der Waals surface area contributed by atoms with Crippen LogP contribution in [0.5, 0.6) is 11.5 Å². The van der Waals surface area contributed by atoms with Gasteiger partial charge in [-0.15, -0.1) is 13.2 Å². The molecule has 0 radical (unpaired) electrons. The Bertz CT molecular complexity index is 489. The molecule has 0 saturated carbocycles. The summed E-state index contributed by atoms with van der Waals surface area (Å²) in [5, 5.41) is 8.97. The van der Waals surface area contributed by atoms with Crippen molar-refractivity contribution in [1.82, 2.24) is 0 Å². The Morgan fingerprint density at radius 3 is 2.45 bits per heavy atom. The minimum Gasteiger partial charge on any atom is -0.490 e. The molecule has 0 bridgehead atoms. The number of benzene rings is 1. The van der Waals surface area contributed by atoms with Crippen molar-refractivity contribution in [2.75, 3.05) is 33.5 Å². The van der Waals surface area contributed by atoms with Gasteiger partial charge < -0.3 is 24.1 Å². The summed E-state index contributed by atoms with van der Waals surface area (Å²) in [7, 11) is 1.51. The minimum absolute atomic E-state index is 0.0283. The van der Waals surface area contributed by atoms with Gasteiger partial charge in [0.1, 0.15) is 23.7 Å². The van der Waals surface area contributed by atoms with Gasteiger partial charge >= 0.3 is 12.3 Å². The second-order valence-corrected chi connectivity index (χ2v) is 3.96. The van der Waals surface area contributed by atoms with Crippen molar-refractivity contribution in [3.8, 4) is 11.5 Å². The molecule has 0 aromatic heterocycles. The number of aromatic carboxylic acids is 1. The number of alkyl halides is 3. The van der Waals surface area contributed by atoms with Crippen LogP contribution < -0.4 is 9.47 Å². The molecule has 0 atom stereocenters. The first kappa shape index (κ1) is 18.1. The Hall–Kier alpha value is -2.00. The molecule has 0 heterocycles. The summed E-state index contributed by atoms with van der Waals surface area (Å²) >= 11 is 0. The van der Waals surface area contributed by atoms with E-state index in [-0.39, 0.29) is 24.5 Å². The van der Waals surface area contributed by atoms with Crippen LogP contribution in [0.2, 0.25) is 0 Å². The molecule has 22 heavy (non-hydrogen) atoms. The molecule has 6 nitrogen and oxygen atoms in total. The fraction of sp³-hybridized carbons (Fsp3) is 0.462. The van der Waals surface area contributed by atoms with Gasteiger partial charge in [0, 0.05) is 13.2 Å². The van der Waals surface area contributed by atoms with Crippen LogP contribution >= 0.6 is 0 Å². The number of carbonyl (C=O) groups is 1. The van der Waals surface area contributed by atoms with Gasteiger partial charge in [-0.3, -0.25) is 0 Å². The van der Waals surface area contributed by atoms with Crippen molar-refractivity contribution in [2.45, 2.75) is 6.36 Å². The largest absolute Gasteiger partial charge is 0.573 e. The van der Waals surface area contributed by atoms with E-state index in [1.54, 1.807) is 0 Å². The molecule has 1 aromatic carbocycles. The number of hydrogen-bond acceptors (Lipinski definition) is 5. The molecule has 1 aromatic rings. The lowest BCUT2D eigenvalue weighted by Gasteiger charge is -2.13. The molecule has 0 unspecified atom stereocenters. The SMILES string of the molecule is COCCOCCOc1cc(OC(F)(F)F)ccc1C(=O)O. The van der Waals surface area contributed by atoms with E-state index >= 15 is 0 Å². The summed E-state index contributed by atoms with van der Waals surface area (Å²) in [5.41, 5.74) is -0.272. The van der Waals surface area contributed by atoms with E-state index in [2.05, 4.69) is 4.74 Å². The van der Waals surface area contributed by atoms with Gasteiger partial charge in [-0.25, -0.2) is 4.79 Å². The fourth-order valence-corrected chi connectivity index (χ4v) is 1.45. The number of hydrogen-bond donors (Lipinski definition) is 1. The van der Waals surface area contributed by atoms with E-state index < -0.39 is 18.1 Å². The van der Waals surface area contributed by atoms with E-state index in [9.17, 15) is 18.0 Å². The highest BCUT2D eigenvalue weighted by Crippen LogP contribution is 2.29. The molecule has 0 amide bonds. The standard InChI is InChI=1S/C13H15F3O6/c1-19-4-5-20-6-7-21-11-8-9(22-13(14,15)16)2-3-10(11)12(17)18/h2-3,8H,4-7H2,1H3,(H,17,18). The number of ether oxygens (including phenoxy) is 4. The van der Waals surface area contributed by atoms with Crippen LogP contribution in [0.25, 0.3) is 0 Å². The van der Waals surface area contributed by atoms with Crippen LogP contribution in [-0.4, -0.2) is 51.0 Å². The molecule has 0 aliphatic carbocycles. The zero-order valence-electron chi connectivity index (χ0n) is 11.7. The van der Waals surface area contributed by atoms with Crippen molar-refractivity contribution in [3.63, 3.8) is 0 Å². The maximum absolute atomic E-state index is 12.1. The van der Waals surface area contributed by atoms with Crippen LogP contribution in [0.3, 0.4) is 0 Å². The Morgan fingerprint density at radius 2 is 1.86 bits per heavy atom. The van der Waals surface area contributed by atoms with Crippen molar-refractivity contribution in [3.05, 3.63) is 23.8 Å². The summed E-state index contributed by atoms with van der Waals surface area (Å²) in [6, 6.07) is 2.75. The molecule has 0 aliphatic heterocycles. The van der Waals surface area contributed by atoms with Crippen LogP contribution in [0.4, 0.5) is 13.2 Å². The first-order valence-electron chi connectivity index (χ1n) is 6.16. The van der Waals surface area contributed by atoms with E-state index in [0.29, 0.717) is 13.2 Å². The highest BCUT2D eigenvalue weighted by atomic mass is 19.4. The second kappa shape index (κ2) is 8.44. The molecule has 0 spiro atoms. The van der Waals surface area contributed by atoms with E-state index in [1.807, 2.05) is 0 Å². The highest BCUT2D eigenvalue weighted by Gasteiger charge is 2.31. The smallest absolute Gasteiger partial charge is 0.490 e. The predicted octanol–water partition coefficient (Wildman–Crippen LogP) is 2.33. The number of methoxy groups -OCH3 is 1. The lowest BCUT2D eigenvalue weighted by atomic mass is 10.2. The minimum atomic E-state index is -4.87. The van der Waals surface area contributed by atoms with Crippen LogP contribution in [0, 0.1) is 0 Å². The zero-order valence-corrected chi connectivity index (χ0v) is 11.7. The fourth-order valence-electron chi connectivity index (χ4n) is 1.45. The summed E-state index contributed by atoms with van der Waals surface area (Å²) in [6.07, 6.45) is -4.87. The Balaban J connectivity index is 2.68. The summed E-state index contributed by atoms with van der Waals surface area (Å²) in [4.78, 5) is 11.0. The van der Waals surface area contributed by atoms with Gasteiger partial charge in [-0.1, -0.05) is 0 Å². The summed E-state index contributed by atoms with van der Waals surface area (Å²) < 4.78 is 55.1. The molecule has 1 N–H and O–H groups in total. The maximum Gasteiger partial charge on any atom is 0.573 e. The lowest BCUT2D eigenvalue weighted by Crippen LogP contribution is -2.17. The van der Waals surface area contributed by atoms with Gasteiger partial charge in [-0.05, 0) is 12.1 Å². The zero-order chi connectivity index (χ0) is 16.6. The first-order chi connectivity index (χ1) is 10.3. The number of halogens is 3. The first-order valence-corrected chi connectivity index (χ1v) is 6.16. The van der Waals surface area contributed by atoms with Crippen LogP contribution in [0.15, 0.2) is 18.2 Å². The van der Waals surface area contributed by atoms with Crippen molar-refractivity contribution in [1.29, 1.82) is 0 Å². The van der Waals surface area contributed by atoms with Crippen molar-refractivity contribution in [2.24, 2.45) is 0 Å². The molecular formula is C13H15F3O6. The van der Waals surface area contributed by atoms with E-state index in [1.165, 1.54) is 7.11 Å². The number of carboxylic acids is 1. The molecule has 9 heteroatoms. The van der Waals surface area contributed by atoms with Gasteiger partial charge in [-0.2, -0.15) is 0 Å². The second-order valence-electron chi connectivity index (χ2n) is 3.96. The topological polar surface area (TPSA) is 74.2 Å². The maximum atomic E-state index is 12.1. The number of carboxylic acid groups (broad SMARTS) is 1. The molecule has 124 valence electrons. The highest BCUT2D eigenvalue weighted by molar-refractivity contribution is 5.91. The Labute approximate surface area is 124 Å². The quantitative estimate of drug-likeness (QED) is 0.703. The van der Waals surface area contributed by atoms with Gasteiger partial charge in [0.2, 0.25) is 0 Å². The van der Waals surface area contributed by atoms with E-state index in [0.717, 1.165) is 18.2 Å². The monoisotopic (exact) mass is 324 g/mol. The third kappa shape index (κ3) is 6.64. The summed E-state index contributed by atoms with van der Waals surface area (Å²) in [5.74, 6) is -2.12. The van der Waals surface area contributed by atoms with Gasteiger partial charge in [0.05, 0.1) is 19.8 Å². The normalized spacial score (nSPS) is 11.3. The molecule has 1 rings (SSSR count).